The molecule has 0 spiro atoms. The maximum atomic E-state index is 11.8. The number of nitrogens with one attached hydrogen (secondary N) is 1. The number of benzene rings is 2. The fourth-order valence-corrected chi connectivity index (χ4v) is 2.87. The Morgan fingerprint density at radius 2 is 1.15 bits per heavy atom. The van der Waals surface area contributed by atoms with Crippen molar-refractivity contribution in [1.29, 1.82) is 0 Å². The molecule has 0 bridgehead atoms. The van der Waals surface area contributed by atoms with Crippen molar-refractivity contribution in [2.75, 3.05) is 24.8 Å². The first-order chi connectivity index (χ1) is 12.4. The van der Waals surface area contributed by atoms with E-state index in [0.717, 1.165) is 13.1 Å². The average Bonchev–Trinajstić information content (AvgIpc) is 2.60. The summed E-state index contributed by atoms with van der Waals surface area (Å²) in [6, 6.07) is 12.0. The van der Waals surface area contributed by atoms with Gasteiger partial charge in [0, 0.05) is 34.9 Å². The lowest BCUT2D eigenvalue weighted by atomic mass is 10.3. The minimum atomic E-state index is -4.25. The van der Waals surface area contributed by atoms with Crippen molar-refractivity contribution in [2.24, 2.45) is 0 Å². The number of hydrogen-bond donors (Lipinski definition) is 2. The molecule has 0 aliphatic carbocycles. The molecule has 5 nitrogen and oxygen atoms in total. The van der Waals surface area contributed by atoms with E-state index in [9.17, 15) is 9.46 Å². The zero-order valence-electron chi connectivity index (χ0n) is 13.6. The van der Waals surface area contributed by atoms with Crippen LogP contribution in [0.5, 0.6) is 11.5 Å². The molecule has 0 unspecified atom stereocenters. The Labute approximate surface area is 172 Å². The van der Waals surface area contributed by atoms with Gasteiger partial charge in [0.05, 0.1) is 0 Å². The summed E-state index contributed by atoms with van der Waals surface area (Å²) >= 11 is 22.1. The highest BCUT2D eigenvalue weighted by Crippen LogP contribution is 2.44. The van der Waals surface area contributed by atoms with Crippen LogP contribution in [-0.2, 0) is 4.57 Å². The second kappa shape index (κ2) is 12.7. The molecule has 0 atom stereocenters. The fourth-order valence-electron chi connectivity index (χ4n) is 1.53. The molecular formula is C16H18Cl4NO4P. The summed E-state index contributed by atoms with van der Waals surface area (Å²) in [4.78, 5) is 9.61. The van der Waals surface area contributed by atoms with E-state index in [1.807, 2.05) is 0 Å². The topological polar surface area (TPSA) is 67.8 Å². The van der Waals surface area contributed by atoms with Crippen LogP contribution in [0.1, 0.15) is 0 Å². The van der Waals surface area contributed by atoms with Gasteiger partial charge in [-0.1, -0.05) is 23.2 Å². The zero-order valence-corrected chi connectivity index (χ0v) is 17.5. The second-order valence-electron chi connectivity index (χ2n) is 4.69. The molecule has 0 aromatic heterocycles. The van der Waals surface area contributed by atoms with Crippen LogP contribution in [0.2, 0.25) is 10.0 Å². The predicted octanol–water partition coefficient (Wildman–Crippen LogP) is 5.61. The summed E-state index contributed by atoms with van der Waals surface area (Å²) in [5, 5.41) is 4.02. The highest BCUT2D eigenvalue weighted by atomic mass is 35.5. The Balaban J connectivity index is 0.000000412. The number of phosphoric acid groups is 1. The van der Waals surface area contributed by atoms with Gasteiger partial charge in [0.15, 0.2) is 0 Å². The minimum absolute atomic E-state index is 0.184. The molecule has 0 radical (unpaired) electrons. The molecule has 144 valence electrons. The van der Waals surface area contributed by atoms with Gasteiger partial charge in [-0.15, -0.1) is 23.2 Å². The zero-order chi connectivity index (χ0) is 19.4. The Bertz CT molecular complexity index is 630. The van der Waals surface area contributed by atoms with Crippen LogP contribution in [0.4, 0.5) is 0 Å². The van der Waals surface area contributed by atoms with E-state index < -0.39 is 7.82 Å². The van der Waals surface area contributed by atoms with Crippen molar-refractivity contribution >= 4 is 54.2 Å². The van der Waals surface area contributed by atoms with E-state index >= 15 is 0 Å². The highest BCUT2D eigenvalue weighted by Gasteiger charge is 2.24. The first-order valence-electron chi connectivity index (χ1n) is 7.42. The van der Waals surface area contributed by atoms with Crippen molar-refractivity contribution in [3.8, 4) is 11.5 Å². The lowest BCUT2D eigenvalue weighted by Gasteiger charge is -2.13. The van der Waals surface area contributed by atoms with Gasteiger partial charge in [-0.3, -0.25) is 4.89 Å². The van der Waals surface area contributed by atoms with E-state index in [1.165, 1.54) is 24.3 Å². The quantitative estimate of drug-likeness (QED) is 0.304. The summed E-state index contributed by atoms with van der Waals surface area (Å²) in [5.41, 5.74) is 0. The summed E-state index contributed by atoms with van der Waals surface area (Å²) < 4.78 is 21.5. The molecule has 0 aliphatic heterocycles. The molecule has 0 saturated heterocycles. The Morgan fingerprint density at radius 3 is 1.46 bits per heavy atom. The van der Waals surface area contributed by atoms with Crippen LogP contribution in [0.3, 0.4) is 0 Å². The second-order valence-corrected chi connectivity index (χ2v) is 7.62. The number of rotatable bonds is 8. The fraction of sp³-hybridized carbons (Fsp3) is 0.250. The first-order valence-corrected chi connectivity index (χ1v) is 10.7. The minimum Gasteiger partial charge on any atom is -0.395 e. The van der Waals surface area contributed by atoms with Crippen molar-refractivity contribution in [1.82, 2.24) is 5.32 Å². The van der Waals surface area contributed by atoms with Crippen LogP contribution in [0.15, 0.2) is 48.5 Å². The first kappa shape index (κ1) is 23.4. The smallest absolute Gasteiger partial charge is 0.395 e. The normalized spacial score (nSPS) is 10.7. The van der Waals surface area contributed by atoms with E-state index in [4.69, 9.17) is 55.5 Å². The molecule has 0 aliphatic rings. The Morgan fingerprint density at radius 1 is 0.808 bits per heavy atom. The van der Waals surface area contributed by atoms with Crippen LogP contribution >= 0.6 is 54.2 Å². The molecule has 0 fully saturated rings. The lowest BCUT2D eigenvalue weighted by Crippen LogP contribution is -2.18. The van der Waals surface area contributed by atoms with E-state index in [-0.39, 0.29) is 11.5 Å². The van der Waals surface area contributed by atoms with Gasteiger partial charge < -0.3 is 14.4 Å². The van der Waals surface area contributed by atoms with Gasteiger partial charge in [-0.25, -0.2) is 4.57 Å². The van der Waals surface area contributed by atoms with E-state index in [1.54, 1.807) is 24.3 Å². The SMILES string of the molecule is ClCCNCCCl.O=P(O)(Oc1ccc(Cl)cc1)Oc1ccc(Cl)cc1. The van der Waals surface area contributed by atoms with E-state index in [2.05, 4.69) is 5.32 Å². The molecule has 0 saturated carbocycles. The van der Waals surface area contributed by atoms with Gasteiger partial charge in [-0.05, 0) is 48.5 Å². The third-order valence-electron chi connectivity index (χ3n) is 2.61. The van der Waals surface area contributed by atoms with Crippen LogP contribution in [0, 0.1) is 0 Å². The molecule has 2 aromatic carbocycles. The molecule has 10 heteroatoms. The van der Waals surface area contributed by atoms with Crippen molar-refractivity contribution in [3.05, 3.63) is 58.6 Å². The van der Waals surface area contributed by atoms with Gasteiger partial charge in [0.2, 0.25) is 0 Å². The highest BCUT2D eigenvalue weighted by molar-refractivity contribution is 7.48. The van der Waals surface area contributed by atoms with Crippen molar-refractivity contribution in [2.45, 2.75) is 0 Å². The van der Waals surface area contributed by atoms with Crippen LogP contribution in [0.25, 0.3) is 0 Å². The predicted molar refractivity (Wildman–Crippen MR) is 108 cm³/mol. The standard InChI is InChI=1S/C12H9Cl2O4P.C4H9Cl2N/c13-9-1-5-11(6-2-9)17-19(15,16)18-12-7-3-10(14)4-8-12;5-1-3-7-4-2-6/h1-8H,(H,15,16);7H,1-4H2. The van der Waals surface area contributed by atoms with Crippen molar-refractivity contribution in [3.63, 3.8) is 0 Å². The van der Waals surface area contributed by atoms with Gasteiger partial charge in [0.1, 0.15) is 11.5 Å². The molecular weight excluding hydrogens is 443 g/mol. The maximum Gasteiger partial charge on any atom is 0.584 e. The van der Waals surface area contributed by atoms with Gasteiger partial charge >= 0.3 is 7.82 Å². The summed E-state index contributed by atoms with van der Waals surface area (Å²) in [6.45, 7) is 1.71. The summed E-state index contributed by atoms with van der Waals surface area (Å²) in [5.74, 6) is 1.70. The summed E-state index contributed by atoms with van der Waals surface area (Å²) in [6.07, 6.45) is 0. The lowest BCUT2D eigenvalue weighted by molar-refractivity contribution is 0.291. The molecule has 26 heavy (non-hydrogen) atoms. The van der Waals surface area contributed by atoms with Crippen molar-refractivity contribution < 1.29 is 18.5 Å². The monoisotopic (exact) mass is 459 g/mol. The maximum absolute atomic E-state index is 11.8. The number of hydrogen-bond acceptors (Lipinski definition) is 4. The third kappa shape index (κ3) is 10.5. The molecule has 2 rings (SSSR count). The Hall–Kier alpha value is -0.650. The van der Waals surface area contributed by atoms with Crippen LogP contribution in [-0.4, -0.2) is 29.7 Å². The number of halogens is 4. The molecule has 2 aromatic rings. The Kier molecular flexibility index (Phi) is 11.4. The van der Waals surface area contributed by atoms with Crippen LogP contribution < -0.4 is 14.4 Å². The van der Waals surface area contributed by atoms with Gasteiger partial charge in [0.25, 0.3) is 0 Å². The summed E-state index contributed by atoms with van der Waals surface area (Å²) in [7, 11) is -4.25. The molecule has 0 heterocycles. The molecule has 2 N–H and O–H groups in total. The number of phosphoric ester groups is 1. The molecule has 0 amide bonds. The average molecular weight is 461 g/mol. The third-order valence-corrected chi connectivity index (χ3v) is 4.38. The van der Waals surface area contributed by atoms with E-state index in [0.29, 0.717) is 21.8 Å². The van der Waals surface area contributed by atoms with Gasteiger partial charge in [-0.2, -0.15) is 0 Å². The largest absolute Gasteiger partial charge is 0.584 e. The number of alkyl halides is 2.